The molecule has 3 aliphatic rings. The average molecular weight is 588 g/mol. The molecule has 0 spiro atoms. The van der Waals surface area contributed by atoms with Gasteiger partial charge in [-0.3, -0.25) is 9.59 Å². The highest BCUT2D eigenvalue weighted by molar-refractivity contribution is 5.97. The fourth-order valence-corrected chi connectivity index (χ4v) is 5.80. The van der Waals surface area contributed by atoms with Crippen molar-refractivity contribution in [2.24, 2.45) is 5.92 Å². The van der Waals surface area contributed by atoms with Gasteiger partial charge < -0.3 is 25.0 Å². The molecule has 2 aliphatic heterocycles. The molecule has 11 nitrogen and oxygen atoms in total. The van der Waals surface area contributed by atoms with Gasteiger partial charge in [-0.15, -0.1) is 6.42 Å². The first-order chi connectivity index (χ1) is 20.8. The molecule has 2 heterocycles. The van der Waals surface area contributed by atoms with Crippen LogP contribution < -0.4 is 15.5 Å². The Morgan fingerprint density at radius 2 is 1.63 bits per heavy atom. The Morgan fingerprint density at radius 1 is 0.977 bits per heavy atom. The highest BCUT2D eigenvalue weighted by Crippen LogP contribution is 2.28. The summed E-state index contributed by atoms with van der Waals surface area (Å²) in [5.74, 6) is 2.41. The summed E-state index contributed by atoms with van der Waals surface area (Å²) in [6, 6.07) is 10.9. The standard InChI is InChI=1S/C32H37N5O6/c1-3-23-9-11-25(12-10-23)33-31(40)36-19-27(43-30(39)18-24-7-5-4-6-8-24)20-37(36)32(41)34-26-13-14-28(22(2)17-26)35-15-16-42-21-29(35)38/h1,9-14,17,24,27H,4-8,15-16,18-21H2,2H3,(H,33,40)(H,34,41). The second-order valence-electron chi connectivity index (χ2n) is 11.2. The van der Waals surface area contributed by atoms with Crippen LogP contribution in [0.4, 0.5) is 26.7 Å². The number of carbonyl (C=O) groups excluding carboxylic acids is 4. The van der Waals surface area contributed by atoms with Crippen LogP contribution in [0.2, 0.25) is 0 Å². The number of hydrazine groups is 1. The van der Waals surface area contributed by atoms with Crippen molar-refractivity contribution in [1.29, 1.82) is 0 Å². The minimum Gasteiger partial charge on any atom is -0.458 e. The van der Waals surface area contributed by atoms with Gasteiger partial charge in [0, 0.05) is 35.6 Å². The lowest BCUT2D eigenvalue weighted by atomic mass is 9.87. The van der Waals surface area contributed by atoms with Gasteiger partial charge in [-0.05, 0) is 73.7 Å². The lowest BCUT2D eigenvalue weighted by Crippen LogP contribution is -2.48. The Hall–Kier alpha value is -4.56. The van der Waals surface area contributed by atoms with E-state index in [1.54, 1.807) is 47.4 Å². The number of hydrogen-bond donors (Lipinski definition) is 2. The number of ether oxygens (including phenoxy) is 2. The van der Waals surface area contributed by atoms with Crippen LogP contribution in [0.15, 0.2) is 42.5 Å². The number of esters is 1. The lowest BCUT2D eigenvalue weighted by molar-refractivity contribution is -0.149. The van der Waals surface area contributed by atoms with Gasteiger partial charge in [-0.1, -0.05) is 25.2 Å². The molecule has 1 unspecified atom stereocenters. The molecule has 43 heavy (non-hydrogen) atoms. The van der Waals surface area contributed by atoms with E-state index in [0.717, 1.165) is 36.9 Å². The number of anilines is 3. The van der Waals surface area contributed by atoms with Crippen molar-refractivity contribution in [3.63, 3.8) is 0 Å². The smallest absolute Gasteiger partial charge is 0.340 e. The number of hydrogen-bond acceptors (Lipinski definition) is 6. The number of nitrogens with one attached hydrogen (secondary N) is 2. The third-order valence-electron chi connectivity index (χ3n) is 8.02. The van der Waals surface area contributed by atoms with Crippen molar-refractivity contribution in [3.05, 3.63) is 53.6 Å². The van der Waals surface area contributed by atoms with Gasteiger partial charge in [0.2, 0.25) is 0 Å². The zero-order valence-corrected chi connectivity index (χ0v) is 24.3. The summed E-state index contributed by atoms with van der Waals surface area (Å²) in [5.41, 5.74) is 3.22. The first-order valence-electron chi connectivity index (χ1n) is 14.7. The van der Waals surface area contributed by atoms with Crippen LogP contribution in [0.3, 0.4) is 0 Å². The second kappa shape index (κ2) is 13.6. The molecule has 2 aromatic rings. The Balaban J connectivity index is 1.28. The van der Waals surface area contributed by atoms with Crippen LogP contribution in [-0.2, 0) is 19.1 Å². The van der Waals surface area contributed by atoms with E-state index >= 15 is 0 Å². The van der Waals surface area contributed by atoms with Crippen LogP contribution in [0.25, 0.3) is 0 Å². The first kappa shape index (κ1) is 29.9. The maximum absolute atomic E-state index is 13.5. The number of benzene rings is 2. The van der Waals surface area contributed by atoms with Crippen LogP contribution in [0.1, 0.15) is 49.7 Å². The molecule has 2 saturated heterocycles. The van der Waals surface area contributed by atoms with Gasteiger partial charge in [-0.2, -0.15) is 0 Å². The molecule has 11 heteroatoms. The van der Waals surface area contributed by atoms with Crippen LogP contribution >= 0.6 is 0 Å². The Morgan fingerprint density at radius 3 is 2.26 bits per heavy atom. The van der Waals surface area contributed by atoms with Gasteiger partial charge in [0.25, 0.3) is 5.91 Å². The molecule has 5 rings (SSSR count). The molecule has 0 bridgehead atoms. The lowest BCUT2D eigenvalue weighted by Gasteiger charge is -2.29. The average Bonchev–Trinajstić information content (AvgIpc) is 3.43. The number of terminal acetylenes is 1. The monoisotopic (exact) mass is 587 g/mol. The number of morpholine rings is 1. The Labute approximate surface area is 251 Å². The second-order valence-corrected chi connectivity index (χ2v) is 11.2. The molecule has 1 saturated carbocycles. The van der Waals surface area contributed by atoms with Crippen molar-refractivity contribution in [2.45, 2.75) is 51.6 Å². The number of nitrogens with zero attached hydrogens (tertiary/aromatic N) is 3. The van der Waals surface area contributed by atoms with E-state index in [-0.39, 0.29) is 31.6 Å². The minimum absolute atomic E-state index is 0.0189. The molecule has 1 atom stereocenters. The molecule has 2 N–H and O–H groups in total. The van der Waals surface area contributed by atoms with E-state index in [2.05, 4.69) is 16.6 Å². The van der Waals surface area contributed by atoms with E-state index in [9.17, 15) is 19.2 Å². The van der Waals surface area contributed by atoms with Gasteiger partial charge in [0.15, 0.2) is 0 Å². The molecule has 2 aromatic carbocycles. The fraction of sp³-hybridized carbons (Fsp3) is 0.438. The zero-order valence-electron chi connectivity index (χ0n) is 24.3. The third kappa shape index (κ3) is 7.45. The molecule has 1 aliphatic carbocycles. The summed E-state index contributed by atoms with van der Waals surface area (Å²) in [7, 11) is 0. The summed E-state index contributed by atoms with van der Waals surface area (Å²) in [6.45, 7) is 2.84. The predicted octanol–water partition coefficient (Wildman–Crippen LogP) is 4.52. The summed E-state index contributed by atoms with van der Waals surface area (Å²) >= 11 is 0. The fourth-order valence-electron chi connectivity index (χ4n) is 5.80. The number of amides is 5. The van der Waals surface area contributed by atoms with Crippen molar-refractivity contribution in [3.8, 4) is 12.3 Å². The van der Waals surface area contributed by atoms with E-state index in [0.29, 0.717) is 42.4 Å². The quantitative estimate of drug-likeness (QED) is 0.379. The molecule has 0 aromatic heterocycles. The van der Waals surface area contributed by atoms with Crippen molar-refractivity contribution >= 4 is 41.0 Å². The van der Waals surface area contributed by atoms with Gasteiger partial charge in [-0.25, -0.2) is 19.6 Å². The van der Waals surface area contributed by atoms with Crippen molar-refractivity contribution in [2.75, 3.05) is 48.4 Å². The molecule has 3 fully saturated rings. The zero-order chi connectivity index (χ0) is 30.3. The van der Waals surface area contributed by atoms with E-state index < -0.39 is 18.2 Å². The normalized spacial score (nSPS) is 19.1. The van der Waals surface area contributed by atoms with Crippen molar-refractivity contribution < 1.29 is 28.7 Å². The molecule has 5 amide bonds. The largest absolute Gasteiger partial charge is 0.458 e. The number of carbonyl (C=O) groups is 4. The summed E-state index contributed by atoms with van der Waals surface area (Å²) in [6.07, 6.45) is 10.6. The molecular weight excluding hydrogens is 550 g/mol. The Bertz CT molecular complexity index is 1400. The third-order valence-corrected chi connectivity index (χ3v) is 8.02. The van der Waals surface area contributed by atoms with E-state index in [1.807, 2.05) is 6.92 Å². The van der Waals surface area contributed by atoms with E-state index in [1.165, 1.54) is 16.4 Å². The maximum atomic E-state index is 13.5. The van der Waals surface area contributed by atoms with Gasteiger partial charge in [0.1, 0.15) is 12.7 Å². The SMILES string of the molecule is C#Cc1ccc(NC(=O)N2CC(OC(=O)CC3CCCCC3)CN2C(=O)Nc2ccc(N3CCOCC3=O)c(C)c2)cc1. The topological polar surface area (TPSA) is 121 Å². The first-order valence-corrected chi connectivity index (χ1v) is 14.7. The highest BCUT2D eigenvalue weighted by atomic mass is 16.5. The van der Waals surface area contributed by atoms with Gasteiger partial charge in [0.05, 0.1) is 19.7 Å². The Kier molecular flexibility index (Phi) is 9.47. The maximum Gasteiger partial charge on any atom is 0.340 e. The van der Waals surface area contributed by atoms with Crippen LogP contribution in [0.5, 0.6) is 0 Å². The highest BCUT2D eigenvalue weighted by Gasteiger charge is 2.39. The van der Waals surface area contributed by atoms with Gasteiger partial charge >= 0.3 is 18.0 Å². The van der Waals surface area contributed by atoms with E-state index in [4.69, 9.17) is 15.9 Å². The minimum atomic E-state index is -0.673. The number of aryl methyl sites for hydroxylation is 1. The summed E-state index contributed by atoms with van der Waals surface area (Å²) < 4.78 is 11.0. The van der Waals surface area contributed by atoms with Crippen LogP contribution in [-0.4, -0.2) is 72.9 Å². The summed E-state index contributed by atoms with van der Waals surface area (Å²) in [5, 5.41) is 8.13. The molecule has 0 radical (unpaired) electrons. The number of rotatable bonds is 6. The van der Waals surface area contributed by atoms with Crippen molar-refractivity contribution in [1.82, 2.24) is 10.0 Å². The predicted molar refractivity (Wildman–Crippen MR) is 161 cm³/mol. The summed E-state index contributed by atoms with van der Waals surface area (Å²) in [4.78, 5) is 53.6. The molecular formula is C32H37N5O6. The number of urea groups is 2. The molecule has 226 valence electrons. The van der Waals surface area contributed by atoms with Crippen LogP contribution in [0, 0.1) is 25.2 Å².